The lowest BCUT2D eigenvalue weighted by atomic mass is 10.2. The summed E-state index contributed by atoms with van der Waals surface area (Å²) in [4.78, 5) is 24.3. The van der Waals surface area contributed by atoms with Crippen LogP contribution < -0.4 is 10.1 Å². The first-order valence-corrected chi connectivity index (χ1v) is 6.46. The Kier molecular flexibility index (Phi) is 5.98. The molecule has 0 heterocycles. The molecular formula is C14H20N2O5. The van der Waals surface area contributed by atoms with Gasteiger partial charge >= 0.3 is 12.0 Å². The standard InChI is InChI=1S/C14H20N2O5/c1-9(17)6-7-16(2)14(20)15-10-4-5-11(13(18)19)12(8-10)21-3/h4-5,8-9,17H,6-7H2,1-3H3,(H,15,20)(H,18,19). The highest BCUT2D eigenvalue weighted by atomic mass is 16.5. The number of hydrogen-bond acceptors (Lipinski definition) is 4. The zero-order chi connectivity index (χ0) is 16.0. The fourth-order valence-electron chi connectivity index (χ4n) is 1.65. The molecule has 0 bridgehead atoms. The smallest absolute Gasteiger partial charge is 0.339 e. The summed E-state index contributed by atoms with van der Waals surface area (Å²) in [5.74, 6) is -0.925. The van der Waals surface area contributed by atoms with Crippen LogP contribution in [0.15, 0.2) is 18.2 Å². The van der Waals surface area contributed by atoms with E-state index in [0.29, 0.717) is 18.7 Å². The Hall–Kier alpha value is -2.28. The van der Waals surface area contributed by atoms with Crippen LogP contribution in [0.1, 0.15) is 23.7 Å². The maximum absolute atomic E-state index is 11.9. The van der Waals surface area contributed by atoms with Crippen LogP contribution in [0.3, 0.4) is 0 Å². The van der Waals surface area contributed by atoms with Gasteiger partial charge in [-0.2, -0.15) is 0 Å². The van der Waals surface area contributed by atoms with Gasteiger partial charge in [0.15, 0.2) is 0 Å². The van der Waals surface area contributed by atoms with E-state index in [1.54, 1.807) is 14.0 Å². The van der Waals surface area contributed by atoms with E-state index < -0.39 is 12.1 Å². The second-order valence-corrected chi connectivity index (χ2v) is 4.71. The largest absolute Gasteiger partial charge is 0.496 e. The normalized spacial score (nSPS) is 11.6. The lowest BCUT2D eigenvalue weighted by Gasteiger charge is -2.19. The zero-order valence-corrected chi connectivity index (χ0v) is 12.3. The van der Waals surface area contributed by atoms with Crippen LogP contribution in [-0.2, 0) is 0 Å². The molecule has 1 rings (SSSR count). The predicted molar refractivity (Wildman–Crippen MR) is 77.9 cm³/mol. The predicted octanol–water partition coefficient (Wildman–Crippen LogP) is 1.63. The number of aliphatic hydroxyl groups excluding tert-OH is 1. The van der Waals surface area contributed by atoms with Crippen molar-refractivity contribution in [2.24, 2.45) is 0 Å². The first-order chi connectivity index (χ1) is 9.85. The van der Waals surface area contributed by atoms with Crippen molar-refractivity contribution in [1.82, 2.24) is 4.90 Å². The number of carbonyl (C=O) groups excluding carboxylic acids is 1. The van der Waals surface area contributed by atoms with Crippen molar-refractivity contribution >= 4 is 17.7 Å². The van der Waals surface area contributed by atoms with Crippen molar-refractivity contribution in [3.63, 3.8) is 0 Å². The number of carboxylic acids is 1. The summed E-state index contributed by atoms with van der Waals surface area (Å²) in [5, 5.41) is 20.8. The number of aromatic carboxylic acids is 1. The van der Waals surface area contributed by atoms with Crippen LogP contribution in [0, 0.1) is 0 Å². The number of aliphatic hydroxyl groups is 1. The number of rotatable bonds is 6. The van der Waals surface area contributed by atoms with Gasteiger partial charge in [-0.1, -0.05) is 0 Å². The van der Waals surface area contributed by atoms with E-state index in [4.69, 9.17) is 9.84 Å². The van der Waals surface area contributed by atoms with Crippen LogP contribution in [0.2, 0.25) is 0 Å². The van der Waals surface area contributed by atoms with Crippen LogP contribution in [-0.4, -0.2) is 53.9 Å². The molecule has 21 heavy (non-hydrogen) atoms. The maximum Gasteiger partial charge on any atom is 0.339 e. The fraction of sp³-hybridized carbons (Fsp3) is 0.429. The summed E-state index contributed by atoms with van der Waals surface area (Å²) in [6.45, 7) is 2.06. The minimum Gasteiger partial charge on any atom is -0.496 e. The van der Waals surface area contributed by atoms with Gasteiger partial charge < -0.3 is 25.2 Å². The van der Waals surface area contributed by atoms with Crippen LogP contribution >= 0.6 is 0 Å². The average molecular weight is 296 g/mol. The fourth-order valence-corrected chi connectivity index (χ4v) is 1.65. The molecule has 0 saturated carbocycles. The lowest BCUT2D eigenvalue weighted by molar-refractivity contribution is 0.0693. The first kappa shape index (κ1) is 16.8. The average Bonchev–Trinajstić information content (AvgIpc) is 2.43. The molecule has 0 aliphatic rings. The minimum atomic E-state index is -1.10. The molecule has 7 heteroatoms. The number of methoxy groups -OCH3 is 1. The third kappa shape index (κ3) is 4.96. The molecule has 0 aliphatic heterocycles. The number of amides is 2. The molecule has 7 nitrogen and oxygen atoms in total. The SMILES string of the molecule is COc1cc(NC(=O)N(C)CCC(C)O)ccc1C(=O)O. The van der Waals surface area contributed by atoms with E-state index in [2.05, 4.69) is 5.32 Å². The van der Waals surface area contributed by atoms with Crippen molar-refractivity contribution in [2.45, 2.75) is 19.4 Å². The first-order valence-electron chi connectivity index (χ1n) is 6.46. The number of urea groups is 1. The molecule has 0 radical (unpaired) electrons. The molecule has 1 atom stereocenters. The van der Waals surface area contributed by atoms with Crippen LogP contribution in [0.25, 0.3) is 0 Å². The highest BCUT2D eigenvalue weighted by Gasteiger charge is 2.14. The quantitative estimate of drug-likeness (QED) is 0.741. The van der Waals surface area contributed by atoms with Gasteiger partial charge in [-0.3, -0.25) is 0 Å². The van der Waals surface area contributed by atoms with Crippen molar-refractivity contribution in [3.05, 3.63) is 23.8 Å². The van der Waals surface area contributed by atoms with Gasteiger partial charge in [0, 0.05) is 25.3 Å². The topological polar surface area (TPSA) is 99.1 Å². The molecule has 3 N–H and O–H groups in total. The van der Waals surface area contributed by atoms with E-state index in [1.807, 2.05) is 0 Å². The second kappa shape index (κ2) is 7.49. The summed E-state index contributed by atoms with van der Waals surface area (Å²) in [5.41, 5.74) is 0.462. The van der Waals surface area contributed by atoms with Crippen LogP contribution in [0.5, 0.6) is 5.75 Å². The molecule has 1 aromatic carbocycles. The Balaban J connectivity index is 2.74. The molecule has 116 valence electrons. The molecule has 0 fully saturated rings. The number of carbonyl (C=O) groups is 2. The Bertz CT molecular complexity index is 516. The molecule has 2 amide bonds. The maximum atomic E-state index is 11.9. The van der Waals surface area contributed by atoms with Crippen molar-refractivity contribution < 1.29 is 24.5 Å². The number of benzene rings is 1. The summed E-state index contributed by atoms with van der Waals surface area (Å²) in [6.07, 6.45) is 0.000702. The Morgan fingerprint density at radius 1 is 1.43 bits per heavy atom. The van der Waals surface area contributed by atoms with Gasteiger partial charge in [0.1, 0.15) is 11.3 Å². The second-order valence-electron chi connectivity index (χ2n) is 4.71. The number of ether oxygens (including phenoxy) is 1. The number of nitrogens with zero attached hydrogens (tertiary/aromatic N) is 1. The van der Waals surface area contributed by atoms with E-state index >= 15 is 0 Å². The number of nitrogens with one attached hydrogen (secondary N) is 1. The molecule has 0 saturated heterocycles. The summed E-state index contributed by atoms with van der Waals surface area (Å²) >= 11 is 0. The Labute approximate surface area is 123 Å². The van der Waals surface area contributed by atoms with Gasteiger partial charge in [0.05, 0.1) is 13.2 Å². The number of carboxylic acid groups (broad SMARTS) is 1. The molecule has 0 aromatic heterocycles. The summed E-state index contributed by atoms with van der Waals surface area (Å²) < 4.78 is 4.99. The van der Waals surface area contributed by atoms with Crippen molar-refractivity contribution in [3.8, 4) is 5.75 Å². The third-order valence-corrected chi connectivity index (χ3v) is 2.91. The van der Waals surface area contributed by atoms with E-state index in [1.165, 1.54) is 30.2 Å². The molecular weight excluding hydrogens is 276 g/mol. The minimum absolute atomic E-state index is 0.0259. The Morgan fingerprint density at radius 3 is 2.62 bits per heavy atom. The summed E-state index contributed by atoms with van der Waals surface area (Å²) in [7, 11) is 2.97. The molecule has 1 aromatic rings. The molecule has 0 spiro atoms. The lowest BCUT2D eigenvalue weighted by Crippen LogP contribution is -2.33. The van der Waals surface area contributed by atoms with Crippen LogP contribution in [0.4, 0.5) is 10.5 Å². The van der Waals surface area contributed by atoms with Gasteiger partial charge in [-0.25, -0.2) is 9.59 Å². The van der Waals surface area contributed by atoms with Gasteiger partial charge in [0.2, 0.25) is 0 Å². The zero-order valence-electron chi connectivity index (χ0n) is 12.3. The highest BCUT2D eigenvalue weighted by molar-refractivity contribution is 5.94. The van der Waals surface area contributed by atoms with Crippen molar-refractivity contribution in [1.29, 1.82) is 0 Å². The molecule has 0 aliphatic carbocycles. The molecule has 1 unspecified atom stereocenters. The van der Waals surface area contributed by atoms with E-state index in [0.717, 1.165) is 0 Å². The van der Waals surface area contributed by atoms with Gasteiger partial charge in [0.25, 0.3) is 0 Å². The third-order valence-electron chi connectivity index (χ3n) is 2.91. The van der Waals surface area contributed by atoms with E-state index in [-0.39, 0.29) is 17.3 Å². The highest BCUT2D eigenvalue weighted by Crippen LogP contribution is 2.23. The monoisotopic (exact) mass is 296 g/mol. The number of anilines is 1. The van der Waals surface area contributed by atoms with Gasteiger partial charge in [-0.05, 0) is 25.5 Å². The van der Waals surface area contributed by atoms with E-state index in [9.17, 15) is 14.7 Å². The summed E-state index contributed by atoms with van der Waals surface area (Å²) in [6, 6.07) is 3.96. The Morgan fingerprint density at radius 2 is 2.10 bits per heavy atom. The van der Waals surface area contributed by atoms with Crippen molar-refractivity contribution in [2.75, 3.05) is 26.0 Å². The number of hydrogen-bond donors (Lipinski definition) is 3. The van der Waals surface area contributed by atoms with Gasteiger partial charge in [-0.15, -0.1) is 0 Å².